The van der Waals surface area contributed by atoms with Crippen molar-refractivity contribution in [1.29, 1.82) is 0 Å². The second kappa shape index (κ2) is 14.6. The highest BCUT2D eigenvalue weighted by Gasteiger charge is 2.37. The molecule has 1 atom stereocenters. The van der Waals surface area contributed by atoms with Gasteiger partial charge < -0.3 is 0 Å². The van der Waals surface area contributed by atoms with Gasteiger partial charge in [0.15, 0.2) is 0 Å². The average molecular weight is 502 g/mol. The Bertz CT molecular complexity index is 1020. The molecule has 2 aromatic rings. The Hall–Kier alpha value is -1.56. The Morgan fingerprint density at radius 2 is 0.865 bits per heavy atom. The van der Waals surface area contributed by atoms with E-state index in [0.717, 1.165) is 0 Å². The highest BCUT2D eigenvalue weighted by molar-refractivity contribution is 5.88. The van der Waals surface area contributed by atoms with Crippen LogP contribution in [0.1, 0.15) is 169 Å². The molecule has 0 aromatic heterocycles. The third-order valence-electron chi connectivity index (χ3n) is 8.60. The third kappa shape index (κ3) is 5.89. The summed E-state index contributed by atoms with van der Waals surface area (Å²) in [7, 11) is 0. The lowest BCUT2D eigenvalue weighted by atomic mass is 9.78. The maximum absolute atomic E-state index is 4.20. The molecule has 0 nitrogen and oxygen atoms in total. The average Bonchev–Trinajstić information content (AvgIpc) is 3.19. The van der Waals surface area contributed by atoms with Crippen molar-refractivity contribution in [2.45, 2.75) is 164 Å². The van der Waals surface area contributed by atoms with E-state index in [-0.39, 0.29) is 0 Å². The Morgan fingerprint density at radius 3 is 1.38 bits per heavy atom. The van der Waals surface area contributed by atoms with Gasteiger partial charge in [0, 0.05) is 5.92 Å². The first-order valence-corrected chi connectivity index (χ1v) is 16.4. The van der Waals surface area contributed by atoms with Gasteiger partial charge in [-0.2, -0.15) is 0 Å². The highest BCUT2D eigenvalue weighted by Crippen LogP contribution is 2.55. The van der Waals surface area contributed by atoms with E-state index in [1.54, 1.807) is 61.2 Å². The molecular formula is C37H57. The first-order chi connectivity index (χ1) is 18.1. The van der Waals surface area contributed by atoms with Gasteiger partial charge >= 0.3 is 0 Å². The summed E-state index contributed by atoms with van der Waals surface area (Å²) >= 11 is 0. The number of fused-ring (bicyclic) bond motifs is 3. The van der Waals surface area contributed by atoms with Crippen molar-refractivity contribution in [3.63, 3.8) is 0 Å². The SMILES string of the molecule is CCCc1[c]c2c(c(CCC)c1CCC)-c1c(CCC)c(CCC)c(CCC)c(CCC)c1C2CCC. The van der Waals surface area contributed by atoms with Crippen LogP contribution < -0.4 is 0 Å². The van der Waals surface area contributed by atoms with Crippen LogP contribution >= 0.6 is 0 Å². The molecule has 1 aliphatic rings. The normalized spacial score (nSPS) is 14.3. The van der Waals surface area contributed by atoms with Crippen LogP contribution in [0.5, 0.6) is 0 Å². The molecule has 205 valence electrons. The molecule has 0 fully saturated rings. The molecule has 0 N–H and O–H groups in total. The zero-order valence-corrected chi connectivity index (χ0v) is 25.9. The van der Waals surface area contributed by atoms with E-state index in [9.17, 15) is 0 Å². The molecule has 0 saturated carbocycles. The summed E-state index contributed by atoms with van der Waals surface area (Å²) in [6.45, 7) is 19.1. The zero-order chi connectivity index (χ0) is 26.9. The smallest absolute Gasteiger partial charge is 0.0111 e. The van der Waals surface area contributed by atoms with Crippen molar-refractivity contribution < 1.29 is 0 Å². The third-order valence-corrected chi connectivity index (χ3v) is 8.60. The number of aryl methyl sites for hydroxylation is 1. The van der Waals surface area contributed by atoms with Gasteiger partial charge in [-0.3, -0.25) is 0 Å². The van der Waals surface area contributed by atoms with E-state index >= 15 is 0 Å². The zero-order valence-electron chi connectivity index (χ0n) is 25.9. The fraction of sp³-hybridized carbons (Fsp3) is 0.676. The lowest BCUT2D eigenvalue weighted by molar-refractivity contribution is 0.691. The van der Waals surface area contributed by atoms with Gasteiger partial charge in [-0.05, 0) is 119 Å². The van der Waals surface area contributed by atoms with E-state index in [1.807, 2.05) is 0 Å². The summed E-state index contributed by atoms with van der Waals surface area (Å²) in [5.41, 5.74) is 18.6. The molecule has 1 aliphatic carbocycles. The standard InChI is InChI=1S/C37H57/c1-9-17-26-25-34-33(24-16-8)35-31(22-14-6)28(19-11-3)29(20-12-4)32(23-15-7)37(35)36(34)30(21-13-5)27(26)18-10-2/h33H,9-24H2,1-8H3. The van der Waals surface area contributed by atoms with E-state index in [4.69, 9.17) is 0 Å². The van der Waals surface area contributed by atoms with Crippen molar-refractivity contribution in [1.82, 2.24) is 0 Å². The fourth-order valence-corrected chi connectivity index (χ4v) is 7.43. The largest absolute Gasteiger partial charge is 0.0653 e. The quantitative estimate of drug-likeness (QED) is 0.214. The van der Waals surface area contributed by atoms with Crippen molar-refractivity contribution in [2.24, 2.45) is 0 Å². The van der Waals surface area contributed by atoms with Crippen molar-refractivity contribution in [2.75, 3.05) is 0 Å². The van der Waals surface area contributed by atoms with E-state index in [0.29, 0.717) is 5.92 Å². The Labute approximate surface area is 231 Å². The molecule has 0 amide bonds. The summed E-state index contributed by atoms with van der Waals surface area (Å²) in [5.74, 6) is 0.542. The van der Waals surface area contributed by atoms with Crippen LogP contribution in [0.25, 0.3) is 11.1 Å². The van der Waals surface area contributed by atoms with Crippen molar-refractivity contribution in [3.8, 4) is 11.1 Å². The minimum Gasteiger partial charge on any atom is -0.0653 e. The van der Waals surface area contributed by atoms with Crippen LogP contribution in [-0.2, 0) is 44.9 Å². The molecule has 2 aromatic carbocycles. The van der Waals surface area contributed by atoms with Crippen LogP contribution in [0.15, 0.2) is 0 Å². The fourth-order valence-electron chi connectivity index (χ4n) is 7.43. The topological polar surface area (TPSA) is 0 Å². The summed E-state index contributed by atoms with van der Waals surface area (Å²) in [5, 5.41) is 0. The van der Waals surface area contributed by atoms with Gasteiger partial charge in [0.05, 0.1) is 0 Å². The number of rotatable bonds is 16. The number of hydrogen-bond acceptors (Lipinski definition) is 0. The van der Waals surface area contributed by atoms with E-state index in [2.05, 4.69) is 61.5 Å². The molecule has 1 unspecified atom stereocenters. The lowest BCUT2D eigenvalue weighted by Crippen LogP contribution is -2.12. The predicted molar refractivity (Wildman–Crippen MR) is 165 cm³/mol. The van der Waals surface area contributed by atoms with Gasteiger partial charge in [-0.15, -0.1) is 0 Å². The molecule has 3 rings (SSSR count). The molecule has 0 bridgehead atoms. The van der Waals surface area contributed by atoms with Crippen LogP contribution in [0.2, 0.25) is 0 Å². The van der Waals surface area contributed by atoms with Gasteiger partial charge in [-0.25, -0.2) is 0 Å². The van der Waals surface area contributed by atoms with Gasteiger partial charge in [0.25, 0.3) is 0 Å². The first kappa shape index (κ1) is 30.0. The van der Waals surface area contributed by atoms with Crippen molar-refractivity contribution >= 4 is 0 Å². The lowest BCUT2D eigenvalue weighted by Gasteiger charge is -2.27. The Balaban J connectivity index is 2.57. The summed E-state index contributed by atoms with van der Waals surface area (Å²) in [6, 6.07) is 4.20. The molecular weight excluding hydrogens is 444 g/mol. The number of benzene rings is 2. The molecule has 1 radical (unpaired) electrons. The van der Waals surface area contributed by atoms with Crippen LogP contribution in [0, 0.1) is 6.07 Å². The number of hydrogen-bond donors (Lipinski definition) is 0. The Kier molecular flexibility index (Phi) is 11.8. The summed E-state index contributed by atoms with van der Waals surface area (Å²) < 4.78 is 0. The Morgan fingerprint density at radius 1 is 0.432 bits per heavy atom. The monoisotopic (exact) mass is 501 g/mol. The van der Waals surface area contributed by atoms with E-state index < -0.39 is 0 Å². The van der Waals surface area contributed by atoms with Gasteiger partial charge in [0.2, 0.25) is 0 Å². The van der Waals surface area contributed by atoms with Crippen LogP contribution in [0.4, 0.5) is 0 Å². The molecule has 0 heterocycles. The molecule has 0 aliphatic heterocycles. The maximum Gasteiger partial charge on any atom is 0.0111 e. The predicted octanol–water partition coefficient (Wildman–Crippen LogP) is 11.1. The molecule has 0 spiro atoms. The first-order valence-electron chi connectivity index (χ1n) is 16.4. The molecule has 37 heavy (non-hydrogen) atoms. The van der Waals surface area contributed by atoms with Crippen LogP contribution in [0.3, 0.4) is 0 Å². The highest BCUT2D eigenvalue weighted by atomic mass is 14.4. The minimum absolute atomic E-state index is 0.542. The van der Waals surface area contributed by atoms with Gasteiger partial charge in [-0.1, -0.05) is 107 Å². The minimum atomic E-state index is 0.542. The summed E-state index contributed by atoms with van der Waals surface area (Å²) in [6.07, 6.45) is 19.7. The molecule has 0 saturated heterocycles. The molecule has 0 heteroatoms. The van der Waals surface area contributed by atoms with Gasteiger partial charge in [0.1, 0.15) is 0 Å². The maximum atomic E-state index is 4.20. The van der Waals surface area contributed by atoms with Crippen molar-refractivity contribution in [3.05, 3.63) is 56.1 Å². The second-order valence-electron chi connectivity index (χ2n) is 11.6. The summed E-state index contributed by atoms with van der Waals surface area (Å²) in [4.78, 5) is 0. The van der Waals surface area contributed by atoms with E-state index in [1.165, 1.54) is 103 Å². The second-order valence-corrected chi connectivity index (χ2v) is 11.6. The van der Waals surface area contributed by atoms with Crippen LogP contribution in [-0.4, -0.2) is 0 Å².